The molecule has 0 atom stereocenters. The van der Waals surface area contributed by atoms with Crippen LogP contribution in [0.15, 0.2) is 54.9 Å². The summed E-state index contributed by atoms with van der Waals surface area (Å²) in [6.45, 7) is 1.87. The van der Waals surface area contributed by atoms with Gasteiger partial charge < -0.3 is 15.8 Å². The summed E-state index contributed by atoms with van der Waals surface area (Å²) >= 11 is 0. The van der Waals surface area contributed by atoms with Crippen LogP contribution in [-0.2, 0) is 0 Å². The summed E-state index contributed by atoms with van der Waals surface area (Å²) in [5, 5.41) is 2.55. The molecule has 1 aromatic heterocycles. The summed E-state index contributed by atoms with van der Waals surface area (Å²) in [7, 11) is 0. The number of amides is 1. The van der Waals surface area contributed by atoms with E-state index in [4.69, 9.17) is 5.73 Å². The molecule has 0 aliphatic heterocycles. The number of benzene rings is 2. The average Bonchev–Trinajstić information content (AvgIpc) is 2.62. The van der Waals surface area contributed by atoms with E-state index in [-0.39, 0.29) is 11.6 Å². The number of carbonyl (C=O) groups is 1. The lowest BCUT2D eigenvalue weighted by atomic mass is 10.00. The first kappa shape index (κ1) is 19.2. The fraction of sp³-hybridized carbons (Fsp3) is 0.105. The number of nitrogen functional groups attached to an aromatic ring is 1. The smallest absolute Gasteiger partial charge is 0.406 e. The van der Waals surface area contributed by atoms with Gasteiger partial charge in [-0.25, -0.2) is 9.97 Å². The lowest BCUT2D eigenvalue weighted by Gasteiger charge is -2.12. The second-order valence-electron chi connectivity index (χ2n) is 5.89. The number of ether oxygens (including phenoxy) is 1. The molecule has 144 valence electrons. The Balaban J connectivity index is 1.83. The maximum atomic E-state index is 12.5. The Labute approximate surface area is 158 Å². The Kier molecular flexibility index (Phi) is 5.16. The van der Waals surface area contributed by atoms with Gasteiger partial charge in [0.25, 0.3) is 5.91 Å². The molecule has 9 heteroatoms. The monoisotopic (exact) mass is 388 g/mol. The molecule has 0 aliphatic carbocycles. The molecule has 0 aliphatic rings. The van der Waals surface area contributed by atoms with Gasteiger partial charge in [-0.05, 0) is 42.3 Å². The summed E-state index contributed by atoms with van der Waals surface area (Å²) in [4.78, 5) is 20.4. The first-order valence-electron chi connectivity index (χ1n) is 8.07. The van der Waals surface area contributed by atoms with Gasteiger partial charge in [0.15, 0.2) is 0 Å². The highest BCUT2D eigenvalue weighted by atomic mass is 19.4. The van der Waals surface area contributed by atoms with Gasteiger partial charge in [0.05, 0.1) is 0 Å². The molecule has 6 nitrogen and oxygen atoms in total. The number of anilines is 2. The average molecular weight is 388 g/mol. The number of nitrogens with two attached hydrogens (primary N) is 1. The van der Waals surface area contributed by atoms with Gasteiger partial charge in [0.2, 0.25) is 5.95 Å². The largest absolute Gasteiger partial charge is 0.573 e. The fourth-order valence-corrected chi connectivity index (χ4v) is 2.53. The Hall–Kier alpha value is -3.62. The van der Waals surface area contributed by atoms with Crippen molar-refractivity contribution >= 4 is 17.5 Å². The molecule has 2 aromatic carbocycles. The maximum Gasteiger partial charge on any atom is 0.573 e. The molecular formula is C19H15F3N4O2. The molecule has 3 N–H and O–H groups in total. The lowest BCUT2D eigenvalue weighted by Crippen LogP contribution is -2.17. The number of hydrogen-bond donors (Lipinski definition) is 2. The highest BCUT2D eigenvalue weighted by Gasteiger charge is 2.31. The molecule has 3 aromatic rings. The Morgan fingerprint density at radius 1 is 1.11 bits per heavy atom. The Morgan fingerprint density at radius 3 is 2.50 bits per heavy atom. The van der Waals surface area contributed by atoms with E-state index >= 15 is 0 Å². The number of nitrogens with zero attached hydrogens (tertiary/aromatic N) is 2. The zero-order chi connectivity index (χ0) is 20.3. The van der Waals surface area contributed by atoms with Crippen LogP contribution in [0.25, 0.3) is 11.1 Å². The molecule has 1 amide bonds. The zero-order valence-corrected chi connectivity index (χ0v) is 14.6. The van der Waals surface area contributed by atoms with Crippen molar-refractivity contribution in [2.75, 3.05) is 11.1 Å². The van der Waals surface area contributed by atoms with Crippen molar-refractivity contribution in [3.8, 4) is 16.9 Å². The number of rotatable bonds is 4. The fourth-order valence-electron chi connectivity index (χ4n) is 2.53. The first-order chi connectivity index (χ1) is 13.2. The van der Waals surface area contributed by atoms with Crippen LogP contribution < -0.4 is 15.8 Å². The zero-order valence-electron chi connectivity index (χ0n) is 14.6. The molecular weight excluding hydrogens is 373 g/mol. The van der Waals surface area contributed by atoms with Crippen molar-refractivity contribution in [1.82, 2.24) is 9.97 Å². The number of hydrogen-bond acceptors (Lipinski definition) is 5. The number of halogens is 3. The van der Waals surface area contributed by atoms with Crippen LogP contribution in [0, 0.1) is 6.92 Å². The van der Waals surface area contributed by atoms with E-state index < -0.39 is 18.0 Å². The number of nitrogens with one attached hydrogen (secondary N) is 1. The molecule has 0 bridgehead atoms. The number of aryl methyl sites for hydroxylation is 1. The number of carbonyl (C=O) groups excluding carboxylic acids is 1. The maximum absolute atomic E-state index is 12.5. The second kappa shape index (κ2) is 7.55. The van der Waals surface area contributed by atoms with Gasteiger partial charge in [0.1, 0.15) is 5.75 Å². The van der Waals surface area contributed by atoms with Gasteiger partial charge in [0, 0.05) is 35.3 Å². The minimum Gasteiger partial charge on any atom is -0.406 e. The van der Waals surface area contributed by atoms with Crippen LogP contribution in [0.5, 0.6) is 5.75 Å². The number of alkyl halides is 3. The third kappa shape index (κ3) is 4.76. The molecule has 0 saturated heterocycles. The van der Waals surface area contributed by atoms with E-state index in [0.717, 1.165) is 23.3 Å². The Bertz CT molecular complexity index is 1000. The van der Waals surface area contributed by atoms with E-state index in [1.807, 2.05) is 6.92 Å². The van der Waals surface area contributed by atoms with Crippen LogP contribution in [0.3, 0.4) is 0 Å². The van der Waals surface area contributed by atoms with Crippen LogP contribution in [0.1, 0.15) is 15.9 Å². The second-order valence-corrected chi connectivity index (χ2v) is 5.89. The minimum absolute atomic E-state index is 0.135. The summed E-state index contributed by atoms with van der Waals surface area (Å²) in [6, 6.07) is 10.1. The molecule has 0 spiro atoms. The van der Waals surface area contributed by atoms with E-state index in [2.05, 4.69) is 20.0 Å². The van der Waals surface area contributed by atoms with Gasteiger partial charge in [-0.2, -0.15) is 0 Å². The SMILES string of the molecule is Cc1ccc(C(=O)Nc2cccc(OC(F)(F)F)c2)cc1-c1cnc(N)nc1. The standard InChI is InChI=1S/C19H15F3N4O2/c1-11-5-6-12(7-16(11)13-9-24-18(23)25-10-13)17(27)26-14-3-2-4-15(8-14)28-19(20,21)22/h2-10H,1H3,(H,26,27)(H2,23,24,25). The summed E-state index contributed by atoms with van der Waals surface area (Å²) in [6.07, 6.45) is -1.72. The molecule has 3 rings (SSSR count). The Morgan fingerprint density at radius 2 is 1.82 bits per heavy atom. The molecule has 28 heavy (non-hydrogen) atoms. The normalized spacial score (nSPS) is 11.1. The van der Waals surface area contributed by atoms with Crippen LogP contribution in [0.2, 0.25) is 0 Å². The summed E-state index contributed by atoms with van der Waals surface area (Å²) in [5.41, 5.74) is 8.29. The van der Waals surface area contributed by atoms with Crippen LogP contribution >= 0.6 is 0 Å². The van der Waals surface area contributed by atoms with Crippen molar-refractivity contribution < 1.29 is 22.7 Å². The molecule has 0 saturated carbocycles. The third-order valence-electron chi connectivity index (χ3n) is 3.81. The van der Waals surface area contributed by atoms with Gasteiger partial charge in [-0.3, -0.25) is 4.79 Å². The van der Waals surface area contributed by atoms with Crippen molar-refractivity contribution in [3.63, 3.8) is 0 Å². The van der Waals surface area contributed by atoms with Crippen LogP contribution in [0.4, 0.5) is 24.8 Å². The van der Waals surface area contributed by atoms with Crippen molar-refractivity contribution in [3.05, 3.63) is 66.0 Å². The molecule has 0 radical (unpaired) electrons. The van der Waals surface area contributed by atoms with Crippen molar-refractivity contribution in [2.45, 2.75) is 13.3 Å². The van der Waals surface area contributed by atoms with Gasteiger partial charge >= 0.3 is 6.36 Å². The van der Waals surface area contributed by atoms with Gasteiger partial charge in [-0.15, -0.1) is 13.2 Å². The van der Waals surface area contributed by atoms with E-state index in [1.54, 1.807) is 30.6 Å². The third-order valence-corrected chi connectivity index (χ3v) is 3.81. The highest BCUT2D eigenvalue weighted by molar-refractivity contribution is 6.05. The van der Waals surface area contributed by atoms with Gasteiger partial charge in [-0.1, -0.05) is 12.1 Å². The van der Waals surface area contributed by atoms with E-state index in [0.29, 0.717) is 11.1 Å². The van der Waals surface area contributed by atoms with Crippen LogP contribution in [-0.4, -0.2) is 22.2 Å². The highest BCUT2D eigenvalue weighted by Crippen LogP contribution is 2.27. The molecule has 0 fully saturated rings. The minimum atomic E-state index is -4.81. The summed E-state index contributed by atoms with van der Waals surface area (Å²) < 4.78 is 40.9. The predicted octanol–water partition coefficient (Wildman–Crippen LogP) is 4.19. The quantitative estimate of drug-likeness (QED) is 0.700. The first-order valence-corrected chi connectivity index (χ1v) is 8.07. The van der Waals surface area contributed by atoms with E-state index in [9.17, 15) is 18.0 Å². The predicted molar refractivity (Wildman–Crippen MR) is 97.7 cm³/mol. The van der Waals surface area contributed by atoms with E-state index in [1.165, 1.54) is 12.1 Å². The number of aromatic nitrogens is 2. The lowest BCUT2D eigenvalue weighted by molar-refractivity contribution is -0.274. The van der Waals surface area contributed by atoms with Crippen molar-refractivity contribution in [2.24, 2.45) is 0 Å². The molecule has 1 heterocycles. The van der Waals surface area contributed by atoms with Crippen molar-refractivity contribution in [1.29, 1.82) is 0 Å². The molecule has 0 unspecified atom stereocenters. The summed E-state index contributed by atoms with van der Waals surface area (Å²) in [5.74, 6) is -0.771. The topological polar surface area (TPSA) is 90.1 Å².